The molecule has 128 valence electrons. The van der Waals surface area contributed by atoms with Gasteiger partial charge < -0.3 is 4.74 Å². The summed E-state index contributed by atoms with van der Waals surface area (Å²) in [6.07, 6.45) is 12.0. The molecule has 0 unspecified atom stereocenters. The summed E-state index contributed by atoms with van der Waals surface area (Å²) in [6, 6.07) is 3.24. The monoisotopic (exact) mass is 322 g/mol. The highest BCUT2D eigenvalue weighted by Crippen LogP contribution is 2.34. The topological polar surface area (TPSA) is 9.23 Å². The van der Waals surface area contributed by atoms with Crippen LogP contribution >= 0.6 is 0 Å². The molecule has 0 aromatic heterocycles. The molecular weight excluding hydrogens is 294 g/mol. The van der Waals surface area contributed by atoms with Crippen molar-refractivity contribution in [3.05, 3.63) is 41.5 Å². The van der Waals surface area contributed by atoms with E-state index in [1.165, 1.54) is 19.3 Å². The van der Waals surface area contributed by atoms with E-state index in [4.69, 9.17) is 4.74 Å². The van der Waals surface area contributed by atoms with Gasteiger partial charge in [-0.3, -0.25) is 0 Å². The lowest BCUT2D eigenvalue weighted by atomic mass is 9.77. The molecule has 23 heavy (non-hydrogen) atoms. The minimum atomic E-state index is -0.843. The molecule has 0 radical (unpaired) electrons. The van der Waals surface area contributed by atoms with Crippen LogP contribution < -0.4 is 4.74 Å². The van der Waals surface area contributed by atoms with Crippen molar-refractivity contribution in [1.82, 2.24) is 0 Å². The van der Waals surface area contributed by atoms with E-state index in [-0.39, 0.29) is 5.75 Å². The van der Waals surface area contributed by atoms with Crippen molar-refractivity contribution < 1.29 is 13.5 Å². The maximum absolute atomic E-state index is 14.2. The highest BCUT2D eigenvalue weighted by atomic mass is 19.2. The zero-order valence-corrected chi connectivity index (χ0v) is 14.3. The number of halogens is 2. The summed E-state index contributed by atoms with van der Waals surface area (Å²) >= 11 is 0. The molecule has 1 saturated carbocycles. The summed E-state index contributed by atoms with van der Waals surface area (Å²) in [5, 5.41) is 0. The molecule has 3 heteroatoms. The Kier molecular flexibility index (Phi) is 7.07. The lowest BCUT2D eigenvalue weighted by Gasteiger charge is -2.28. The SMILES string of the molecule is C/C=C/CCC1CCC(Cc2ccc(OCC)c(F)c2F)CC1. The van der Waals surface area contributed by atoms with Crippen molar-refractivity contribution >= 4 is 0 Å². The van der Waals surface area contributed by atoms with Gasteiger partial charge in [0.05, 0.1) is 6.61 Å². The van der Waals surface area contributed by atoms with E-state index in [0.717, 1.165) is 25.2 Å². The van der Waals surface area contributed by atoms with Gasteiger partial charge in [-0.1, -0.05) is 31.1 Å². The van der Waals surface area contributed by atoms with Gasteiger partial charge in [0.1, 0.15) is 0 Å². The van der Waals surface area contributed by atoms with Crippen LogP contribution in [0, 0.1) is 23.5 Å². The molecule has 2 rings (SSSR count). The van der Waals surface area contributed by atoms with E-state index in [2.05, 4.69) is 19.1 Å². The Morgan fingerprint density at radius 3 is 2.43 bits per heavy atom. The zero-order chi connectivity index (χ0) is 16.7. The fraction of sp³-hybridized carbons (Fsp3) is 0.600. The normalized spacial score (nSPS) is 21.7. The van der Waals surface area contributed by atoms with Crippen LogP contribution in [0.5, 0.6) is 5.75 Å². The Balaban J connectivity index is 1.88. The first kappa shape index (κ1) is 18.0. The van der Waals surface area contributed by atoms with Crippen LogP contribution in [0.15, 0.2) is 24.3 Å². The molecule has 1 nitrogen and oxygen atoms in total. The summed E-state index contributed by atoms with van der Waals surface area (Å²) in [6.45, 7) is 4.16. The molecule has 1 aromatic rings. The molecule has 1 fully saturated rings. The number of rotatable bonds is 7. The lowest BCUT2D eigenvalue weighted by molar-refractivity contribution is 0.261. The van der Waals surface area contributed by atoms with Gasteiger partial charge in [0.15, 0.2) is 11.6 Å². The fourth-order valence-corrected chi connectivity index (χ4v) is 3.53. The molecule has 0 N–H and O–H groups in total. The first-order chi connectivity index (χ1) is 11.2. The van der Waals surface area contributed by atoms with Crippen LogP contribution in [0.4, 0.5) is 8.78 Å². The van der Waals surface area contributed by atoms with E-state index in [1.54, 1.807) is 19.1 Å². The van der Waals surface area contributed by atoms with E-state index in [0.29, 0.717) is 24.5 Å². The molecule has 0 atom stereocenters. The van der Waals surface area contributed by atoms with Gasteiger partial charge in [-0.25, -0.2) is 4.39 Å². The predicted molar refractivity (Wildman–Crippen MR) is 90.7 cm³/mol. The second-order valence-corrected chi connectivity index (χ2v) is 6.52. The second kappa shape index (κ2) is 9.05. The number of ether oxygens (including phenoxy) is 1. The minimum absolute atomic E-state index is 0.0152. The van der Waals surface area contributed by atoms with E-state index in [1.807, 2.05) is 0 Å². The quantitative estimate of drug-likeness (QED) is 0.554. The van der Waals surface area contributed by atoms with Gasteiger partial charge in [-0.15, -0.1) is 0 Å². The van der Waals surface area contributed by atoms with Crippen molar-refractivity contribution in [3.8, 4) is 5.75 Å². The number of allylic oxidation sites excluding steroid dienone is 2. The Labute approximate surface area is 138 Å². The summed E-state index contributed by atoms with van der Waals surface area (Å²) in [5.74, 6) is -0.291. The molecule has 0 saturated heterocycles. The van der Waals surface area contributed by atoms with Crippen molar-refractivity contribution in [2.45, 2.75) is 58.8 Å². The Morgan fingerprint density at radius 2 is 1.78 bits per heavy atom. The molecule has 0 spiro atoms. The van der Waals surface area contributed by atoms with Crippen molar-refractivity contribution in [2.24, 2.45) is 11.8 Å². The van der Waals surface area contributed by atoms with E-state index in [9.17, 15) is 8.78 Å². The largest absolute Gasteiger partial charge is 0.491 e. The van der Waals surface area contributed by atoms with Gasteiger partial charge in [0, 0.05) is 0 Å². The maximum atomic E-state index is 14.2. The fourth-order valence-electron chi connectivity index (χ4n) is 3.53. The number of hydrogen-bond donors (Lipinski definition) is 0. The second-order valence-electron chi connectivity index (χ2n) is 6.52. The highest BCUT2D eigenvalue weighted by molar-refractivity contribution is 5.31. The van der Waals surface area contributed by atoms with E-state index < -0.39 is 11.6 Å². The first-order valence-electron chi connectivity index (χ1n) is 8.86. The summed E-state index contributed by atoms with van der Waals surface area (Å²) in [7, 11) is 0. The number of benzene rings is 1. The van der Waals surface area contributed by atoms with Gasteiger partial charge in [0.2, 0.25) is 5.82 Å². The first-order valence-corrected chi connectivity index (χ1v) is 8.86. The van der Waals surface area contributed by atoms with Crippen LogP contribution in [0.3, 0.4) is 0 Å². The molecule has 1 aliphatic rings. The molecule has 0 amide bonds. The van der Waals surface area contributed by atoms with Gasteiger partial charge >= 0.3 is 0 Å². The third-order valence-electron chi connectivity index (χ3n) is 4.88. The molecule has 0 heterocycles. The summed E-state index contributed by atoms with van der Waals surface area (Å²) in [5.41, 5.74) is 0.489. The van der Waals surface area contributed by atoms with Crippen LogP contribution in [-0.2, 0) is 6.42 Å². The summed E-state index contributed by atoms with van der Waals surface area (Å²) < 4.78 is 33.2. The third-order valence-corrected chi connectivity index (χ3v) is 4.88. The van der Waals surface area contributed by atoms with Crippen LogP contribution in [0.1, 0.15) is 57.9 Å². The number of hydrogen-bond acceptors (Lipinski definition) is 1. The maximum Gasteiger partial charge on any atom is 0.200 e. The van der Waals surface area contributed by atoms with Crippen LogP contribution in [0.2, 0.25) is 0 Å². The van der Waals surface area contributed by atoms with Crippen molar-refractivity contribution in [1.29, 1.82) is 0 Å². The molecule has 0 aliphatic heterocycles. The molecule has 0 bridgehead atoms. The van der Waals surface area contributed by atoms with Gasteiger partial charge in [0.25, 0.3) is 0 Å². The standard InChI is InChI=1S/C20H28F2O/c1-3-5-6-7-15-8-10-16(11-9-15)14-17-12-13-18(23-4-2)20(22)19(17)21/h3,5,12-13,15-16H,4,6-11,14H2,1-2H3/b5-3+. The highest BCUT2D eigenvalue weighted by Gasteiger charge is 2.23. The van der Waals surface area contributed by atoms with E-state index >= 15 is 0 Å². The Morgan fingerprint density at radius 1 is 1.09 bits per heavy atom. The average Bonchev–Trinajstić information content (AvgIpc) is 2.56. The Hall–Kier alpha value is -1.38. The summed E-state index contributed by atoms with van der Waals surface area (Å²) in [4.78, 5) is 0. The van der Waals surface area contributed by atoms with Gasteiger partial charge in [-0.2, -0.15) is 4.39 Å². The molecule has 1 aromatic carbocycles. The van der Waals surface area contributed by atoms with Crippen LogP contribution in [-0.4, -0.2) is 6.61 Å². The van der Waals surface area contributed by atoms with Crippen molar-refractivity contribution in [2.75, 3.05) is 6.61 Å². The van der Waals surface area contributed by atoms with Gasteiger partial charge in [-0.05, 0) is 69.4 Å². The van der Waals surface area contributed by atoms with Crippen molar-refractivity contribution in [3.63, 3.8) is 0 Å². The minimum Gasteiger partial charge on any atom is -0.491 e. The zero-order valence-electron chi connectivity index (χ0n) is 14.3. The molecular formula is C20H28F2O. The third kappa shape index (κ3) is 5.05. The smallest absolute Gasteiger partial charge is 0.200 e. The molecule has 1 aliphatic carbocycles. The average molecular weight is 322 g/mol. The predicted octanol–water partition coefficient (Wildman–Crippen LogP) is 6.07. The lowest BCUT2D eigenvalue weighted by Crippen LogP contribution is -2.17. The Bertz CT molecular complexity index is 517. The van der Waals surface area contributed by atoms with Crippen LogP contribution in [0.25, 0.3) is 0 Å².